The van der Waals surface area contributed by atoms with Crippen LogP contribution in [-0.4, -0.2) is 24.9 Å². The number of para-hydroxylation sites is 3. The summed E-state index contributed by atoms with van der Waals surface area (Å²) in [5.74, 6) is 0.741. The molecule has 0 N–H and O–H groups in total. The summed E-state index contributed by atoms with van der Waals surface area (Å²) >= 11 is 0. The molecule has 0 aliphatic heterocycles. The standard InChI is InChI=1S/C37H31N3.C32H28N2/c1-36(2)30-13-7-5-11-27(30)29-23-26(20-21-31(29)37(36,3)4)35-39-33-15-8-6-12-28(33)34(40-35)25-18-16-24(17-19-25)32-14-9-10-22-38-32;1-31(2)25-15-9-8-14-23(25)24-20-22(18-19-26(24)32(31,3)4)30-29(21-12-6-5-7-13-21)33-27-16-10-11-17-28(27)34-30/h5-23H,1-4H3;5-20H,1-4H3. The van der Waals surface area contributed by atoms with Gasteiger partial charge in [-0.15, -0.1) is 0 Å². The number of aromatic nitrogens is 5. The monoisotopic (exact) mass is 957 g/mol. The van der Waals surface area contributed by atoms with Gasteiger partial charge < -0.3 is 0 Å². The highest BCUT2D eigenvalue weighted by Gasteiger charge is 2.47. The third kappa shape index (κ3) is 7.55. The lowest BCUT2D eigenvalue weighted by atomic mass is 9.55. The van der Waals surface area contributed by atoms with Crippen molar-refractivity contribution < 1.29 is 0 Å². The van der Waals surface area contributed by atoms with Crippen molar-refractivity contribution in [2.75, 3.05) is 0 Å². The Labute approximate surface area is 435 Å². The Kier molecular flexibility index (Phi) is 11.1. The third-order valence-electron chi connectivity index (χ3n) is 17.2. The molecule has 0 spiro atoms. The maximum absolute atomic E-state index is 5.19. The van der Waals surface area contributed by atoms with Gasteiger partial charge in [0.05, 0.1) is 39.3 Å². The summed E-state index contributed by atoms with van der Waals surface area (Å²) < 4.78 is 0. The quantitative estimate of drug-likeness (QED) is 0.172. The molecule has 0 saturated heterocycles. The first-order valence-electron chi connectivity index (χ1n) is 25.8. The molecule has 2 aliphatic rings. The second kappa shape index (κ2) is 17.7. The lowest BCUT2D eigenvalue weighted by Crippen LogP contribution is -2.43. The van der Waals surface area contributed by atoms with E-state index in [9.17, 15) is 0 Å². The first-order valence-corrected chi connectivity index (χ1v) is 25.8. The maximum Gasteiger partial charge on any atom is 0.160 e. The molecule has 2 aliphatic carbocycles. The van der Waals surface area contributed by atoms with Gasteiger partial charge in [0, 0.05) is 39.4 Å². The highest BCUT2D eigenvalue weighted by atomic mass is 14.9. The molecule has 3 heterocycles. The predicted octanol–water partition coefficient (Wildman–Crippen LogP) is 17.5. The lowest BCUT2D eigenvalue weighted by molar-refractivity contribution is 0.299. The molecule has 0 amide bonds. The van der Waals surface area contributed by atoms with Crippen LogP contribution < -0.4 is 0 Å². The number of hydrogen-bond acceptors (Lipinski definition) is 5. The molecular weight excluding hydrogens is 899 g/mol. The molecule has 5 heteroatoms. The van der Waals surface area contributed by atoms with Gasteiger partial charge in [-0.3, -0.25) is 4.98 Å². The summed E-state index contributed by atoms with van der Waals surface area (Å²) in [6.45, 7) is 18.9. The maximum atomic E-state index is 5.19. The first-order chi connectivity index (χ1) is 35.7. The highest BCUT2D eigenvalue weighted by molar-refractivity contribution is 5.95. The molecule has 360 valence electrons. The minimum atomic E-state index is -0.0278. The molecular formula is C69H59N5. The summed E-state index contributed by atoms with van der Waals surface area (Å²) in [5.41, 5.74) is 22.6. The summed E-state index contributed by atoms with van der Waals surface area (Å²) in [4.78, 5) is 24.9. The van der Waals surface area contributed by atoms with E-state index in [4.69, 9.17) is 19.9 Å². The van der Waals surface area contributed by atoms with Crippen molar-refractivity contribution in [3.05, 3.63) is 235 Å². The predicted molar refractivity (Wildman–Crippen MR) is 307 cm³/mol. The van der Waals surface area contributed by atoms with Crippen LogP contribution in [0.15, 0.2) is 212 Å². The SMILES string of the molecule is CC1(C)c2ccccc2-c2cc(-c3nc(-c4ccc(-c5ccccn5)cc4)c4ccccc4n3)ccc2C1(C)C.CC1(C)c2ccccc2-c2cc(-c3nc4ccccc4nc3-c3ccccc3)ccc2C1(C)C. The summed E-state index contributed by atoms with van der Waals surface area (Å²) in [6, 6.07) is 72.6. The fourth-order valence-electron chi connectivity index (χ4n) is 11.5. The zero-order valence-corrected chi connectivity index (χ0v) is 43.4. The van der Waals surface area contributed by atoms with E-state index in [0.29, 0.717) is 0 Å². The fourth-order valence-corrected chi connectivity index (χ4v) is 11.5. The Hall–Kier alpha value is -8.41. The zero-order chi connectivity index (χ0) is 51.0. The van der Waals surface area contributed by atoms with Crippen molar-refractivity contribution in [2.45, 2.75) is 77.0 Å². The average Bonchev–Trinajstić information content (AvgIpc) is 3.46. The van der Waals surface area contributed by atoms with Gasteiger partial charge in [0.25, 0.3) is 0 Å². The van der Waals surface area contributed by atoms with Gasteiger partial charge >= 0.3 is 0 Å². The van der Waals surface area contributed by atoms with Crippen molar-refractivity contribution in [3.8, 4) is 78.7 Å². The molecule has 0 radical (unpaired) electrons. The molecule has 5 nitrogen and oxygen atoms in total. The molecule has 0 saturated carbocycles. The molecule has 13 rings (SSSR count). The molecule has 0 fully saturated rings. The number of fused-ring (bicyclic) bond motifs is 8. The van der Waals surface area contributed by atoms with Crippen LogP contribution in [0.1, 0.15) is 77.6 Å². The van der Waals surface area contributed by atoms with E-state index in [1.165, 1.54) is 44.5 Å². The molecule has 0 atom stereocenters. The molecule has 0 unspecified atom stereocenters. The van der Waals surface area contributed by atoms with Gasteiger partial charge in [-0.1, -0.05) is 219 Å². The molecule has 74 heavy (non-hydrogen) atoms. The van der Waals surface area contributed by atoms with E-state index in [0.717, 1.165) is 78.4 Å². The van der Waals surface area contributed by atoms with E-state index in [1.54, 1.807) is 0 Å². The van der Waals surface area contributed by atoms with Gasteiger partial charge in [0.1, 0.15) is 0 Å². The third-order valence-corrected chi connectivity index (χ3v) is 17.2. The van der Waals surface area contributed by atoms with Crippen molar-refractivity contribution in [1.82, 2.24) is 24.9 Å². The van der Waals surface area contributed by atoms with E-state index in [-0.39, 0.29) is 21.7 Å². The normalized spacial score (nSPS) is 15.2. The Morgan fingerprint density at radius 3 is 1.30 bits per heavy atom. The van der Waals surface area contributed by atoms with Crippen LogP contribution in [0.5, 0.6) is 0 Å². The van der Waals surface area contributed by atoms with Gasteiger partial charge in [-0.25, -0.2) is 19.9 Å². The van der Waals surface area contributed by atoms with E-state index >= 15 is 0 Å². The van der Waals surface area contributed by atoms with E-state index in [1.807, 2.05) is 60.8 Å². The molecule has 8 aromatic carbocycles. The Balaban J connectivity index is 0.000000152. The van der Waals surface area contributed by atoms with Crippen LogP contribution in [-0.2, 0) is 21.7 Å². The summed E-state index contributed by atoms with van der Waals surface area (Å²) in [6.07, 6.45) is 1.83. The van der Waals surface area contributed by atoms with Crippen molar-refractivity contribution in [2.24, 2.45) is 0 Å². The minimum absolute atomic E-state index is 0.00611. The Morgan fingerprint density at radius 2 is 0.716 bits per heavy atom. The lowest BCUT2D eigenvalue weighted by Gasteiger charge is -2.48. The van der Waals surface area contributed by atoms with Crippen molar-refractivity contribution >= 4 is 21.9 Å². The van der Waals surface area contributed by atoms with Crippen LogP contribution in [0, 0.1) is 0 Å². The largest absolute Gasteiger partial charge is 0.256 e. The second-order valence-electron chi connectivity index (χ2n) is 22.1. The highest BCUT2D eigenvalue weighted by Crippen LogP contribution is 2.56. The van der Waals surface area contributed by atoms with Gasteiger partial charge in [-0.2, -0.15) is 0 Å². The number of nitrogens with zero attached hydrogens (tertiary/aromatic N) is 5. The van der Waals surface area contributed by atoms with E-state index in [2.05, 4.69) is 212 Å². The van der Waals surface area contributed by atoms with Crippen molar-refractivity contribution in [3.63, 3.8) is 0 Å². The molecule has 3 aromatic heterocycles. The second-order valence-corrected chi connectivity index (χ2v) is 22.1. The van der Waals surface area contributed by atoms with Crippen LogP contribution >= 0.6 is 0 Å². The number of pyridine rings is 1. The number of rotatable bonds is 5. The van der Waals surface area contributed by atoms with Crippen LogP contribution in [0.25, 0.3) is 101 Å². The zero-order valence-electron chi connectivity index (χ0n) is 43.4. The van der Waals surface area contributed by atoms with Gasteiger partial charge in [0.15, 0.2) is 5.82 Å². The van der Waals surface area contributed by atoms with Gasteiger partial charge in [0.2, 0.25) is 0 Å². The topological polar surface area (TPSA) is 64.5 Å². The fraction of sp³-hybridized carbons (Fsp3) is 0.174. The average molecular weight is 958 g/mol. The first kappa shape index (κ1) is 46.6. The van der Waals surface area contributed by atoms with Gasteiger partial charge in [-0.05, 0) is 109 Å². The van der Waals surface area contributed by atoms with Crippen LogP contribution in [0.2, 0.25) is 0 Å². The molecule has 0 bridgehead atoms. The van der Waals surface area contributed by atoms with Crippen LogP contribution in [0.4, 0.5) is 0 Å². The van der Waals surface area contributed by atoms with Crippen molar-refractivity contribution in [1.29, 1.82) is 0 Å². The summed E-state index contributed by atoms with van der Waals surface area (Å²) in [5, 5.41) is 1.04. The van der Waals surface area contributed by atoms with Crippen LogP contribution in [0.3, 0.4) is 0 Å². The van der Waals surface area contributed by atoms with E-state index < -0.39 is 0 Å². The Morgan fingerprint density at radius 1 is 0.284 bits per heavy atom. The number of benzene rings is 8. The Bertz CT molecular complexity index is 3940. The summed E-state index contributed by atoms with van der Waals surface area (Å²) in [7, 11) is 0. The minimum Gasteiger partial charge on any atom is -0.256 e. The molecule has 11 aromatic rings. The number of hydrogen-bond donors (Lipinski definition) is 0. The smallest absolute Gasteiger partial charge is 0.160 e.